The van der Waals surface area contributed by atoms with Gasteiger partial charge in [0, 0.05) is 25.8 Å². The smallest absolute Gasteiger partial charge is 0.239 e. The van der Waals surface area contributed by atoms with Crippen LogP contribution in [-0.4, -0.2) is 36.4 Å². The fourth-order valence-corrected chi connectivity index (χ4v) is 3.03. The van der Waals surface area contributed by atoms with E-state index in [4.69, 9.17) is 0 Å². The molecule has 0 aliphatic carbocycles. The summed E-state index contributed by atoms with van der Waals surface area (Å²) in [6.45, 7) is 2.29. The number of carbonyl (C=O) groups is 2. The summed E-state index contributed by atoms with van der Waals surface area (Å²) in [4.78, 5) is 30.4. The van der Waals surface area contributed by atoms with Gasteiger partial charge in [-0.3, -0.25) is 9.59 Å². The highest BCUT2D eigenvalue weighted by molar-refractivity contribution is 5.85. The second-order valence-electron chi connectivity index (χ2n) is 6.58. The first-order valence-corrected chi connectivity index (χ1v) is 9.08. The molecule has 1 aromatic carbocycles. The molecule has 0 unspecified atom stereocenters. The van der Waals surface area contributed by atoms with Crippen molar-refractivity contribution in [2.75, 3.05) is 24.5 Å². The van der Waals surface area contributed by atoms with Crippen molar-refractivity contribution in [3.63, 3.8) is 0 Å². The minimum Gasteiger partial charge on any atom is -0.357 e. The Labute approximate surface area is 157 Å². The maximum Gasteiger partial charge on any atom is 0.239 e. The number of nitrogens with zero attached hydrogens (tertiary/aromatic N) is 2. The molecule has 1 aliphatic heterocycles. The van der Waals surface area contributed by atoms with E-state index in [1.54, 1.807) is 18.3 Å². The standard InChI is InChI=1S/C20H23FN4O2/c21-17-5-3-4-15(10-17)12-19(26)24-14-20(27)23-13-16-6-7-22-18(11-16)25-8-1-2-9-25/h3-7,10-11H,1-2,8-9,12-14H2,(H,23,27)(H,24,26). The molecule has 2 heterocycles. The highest BCUT2D eigenvalue weighted by Gasteiger charge is 2.14. The number of hydrogen-bond acceptors (Lipinski definition) is 4. The topological polar surface area (TPSA) is 74.3 Å². The predicted molar refractivity (Wildman–Crippen MR) is 101 cm³/mol. The van der Waals surface area contributed by atoms with Gasteiger partial charge in [0.1, 0.15) is 11.6 Å². The van der Waals surface area contributed by atoms with Crippen LogP contribution >= 0.6 is 0 Å². The second kappa shape index (κ2) is 9.12. The molecule has 142 valence electrons. The van der Waals surface area contributed by atoms with E-state index in [1.807, 2.05) is 12.1 Å². The van der Waals surface area contributed by atoms with Crippen LogP contribution in [-0.2, 0) is 22.6 Å². The van der Waals surface area contributed by atoms with Gasteiger partial charge in [-0.1, -0.05) is 12.1 Å². The number of benzene rings is 1. The summed E-state index contributed by atoms with van der Waals surface area (Å²) in [6.07, 6.45) is 4.14. The van der Waals surface area contributed by atoms with Gasteiger partial charge in [0.05, 0.1) is 13.0 Å². The van der Waals surface area contributed by atoms with E-state index in [0.29, 0.717) is 12.1 Å². The molecule has 1 fully saturated rings. The van der Waals surface area contributed by atoms with Gasteiger partial charge in [-0.05, 0) is 48.2 Å². The minimum absolute atomic E-state index is 0.0363. The first-order valence-electron chi connectivity index (χ1n) is 9.08. The lowest BCUT2D eigenvalue weighted by molar-refractivity contribution is -0.125. The minimum atomic E-state index is -0.385. The van der Waals surface area contributed by atoms with Gasteiger partial charge in [0.2, 0.25) is 11.8 Å². The number of rotatable bonds is 7. The summed E-state index contributed by atoms with van der Waals surface area (Å²) >= 11 is 0. The largest absolute Gasteiger partial charge is 0.357 e. The average molecular weight is 370 g/mol. The molecule has 7 heteroatoms. The Morgan fingerprint density at radius 2 is 1.85 bits per heavy atom. The maximum atomic E-state index is 13.1. The van der Waals surface area contributed by atoms with Gasteiger partial charge in [0.25, 0.3) is 0 Å². The van der Waals surface area contributed by atoms with Crippen LogP contribution in [0.2, 0.25) is 0 Å². The molecule has 2 amide bonds. The third-order valence-corrected chi connectivity index (χ3v) is 4.43. The van der Waals surface area contributed by atoms with Crippen molar-refractivity contribution in [2.45, 2.75) is 25.8 Å². The Morgan fingerprint density at radius 1 is 1.04 bits per heavy atom. The van der Waals surface area contributed by atoms with Crippen molar-refractivity contribution in [1.29, 1.82) is 0 Å². The molecule has 0 bridgehead atoms. The van der Waals surface area contributed by atoms with Crippen LogP contribution in [0.3, 0.4) is 0 Å². The lowest BCUT2D eigenvalue weighted by atomic mass is 10.1. The Kier molecular flexibility index (Phi) is 6.35. The zero-order valence-electron chi connectivity index (χ0n) is 15.1. The zero-order valence-corrected chi connectivity index (χ0v) is 15.1. The Bertz CT molecular complexity index is 806. The van der Waals surface area contributed by atoms with Crippen LogP contribution in [0.5, 0.6) is 0 Å². The number of pyridine rings is 1. The summed E-state index contributed by atoms with van der Waals surface area (Å²) in [6, 6.07) is 9.69. The molecule has 1 aliphatic rings. The summed E-state index contributed by atoms with van der Waals surface area (Å²) in [5, 5.41) is 5.33. The molecule has 0 spiro atoms. The van der Waals surface area contributed by atoms with E-state index >= 15 is 0 Å². The number of nitrogens with one attached hydrogen (secondary N) is 2. The Balaban J connectivity index is 1.41. The Morgan fingerprint density at radius 3 is 2.63 bits per heavy atom. The molecule has 1 saturated heterocycles. The van der Waals surface area contributed by atoms with Crippen LogP contribution < -0.4 is 15.5 Å². The maximum absolute atomic E-state index is 13.1. The van der Waals surface area contributed by atoms with E-state index in [0.717, 1.165) is 24.5 Å². The monoisotopic (exact) mass is 370 g/mol. The third kappa shape index (κ3) is 5.77. The van der Waals surface area contributed by atoms with Gasteiger partial charge in [-0.25, -0.2) is 9.37 Å². The van der Waals surface area contributed by atoms with Crippen molar-refractivity contribution >= 4 is 17.6 Å². The van der Waals surface area contributed by atoms with E-state index in [1.165, 1.54) is 25.0 Å². The van der Waals surface area contributed by atoms with Crippen molar-refractivity contribution in [3.05, 3.63) is 59.5 Å². The summed E-state index contributed by atoms with van der Waals surface area (Å²) in [5.74, 6) is -0.0514. The number of halogens is 1. The predicted octanol–water partition coefficient (Wildman–Crippen LogP) is 1.80. The molecular formula is C20H23FN4O2. The normalized spacial score (nSPS) is 13.4. The van der Waals surface area contributed by atoms with Gasteiger partial charge in [-0.2, -0.15) is 0 Å². The van der Waals surface area contributed by atoms with E-state index < -0.39 is 0 Å². The van der Waals surface area contributed by atoms with Crippen LogP contribution in [0.1, 0.15) is 24.0 Å². The summed E-state index contributed by atoms with van der Waals surface area (Å²) < 4.78 is 13.1. The fraction of sp³-hybridized carbons (Fsp3) is 0.350. The van der Waals surface area contributed by atoms with Crippen LogP contribution in [0.15, 0.2) is 42.6 Å². The number of aromatic nitrogens is 1. The number of anilines is 1. The van der Waals surface area contributed by atoms with Crippen LogP contribution in [0.25, 0.3) is 0 Å². The van der Waals surface area contributed by atoms with E-state index in [2.05, 4.69) is 20.5 Å². The molecule has 2 aromatic rings. The first-order chi connectivity index (χ1) is 13.1. The number of amides is 2. The first kappa shape index (κ1) is 18.8. The van der Waals surface area contributed by atoms with Crippen LogP contribution in [0.4, 0.5) is 10.2 Å². The van der Waals surface area contributed by atoms with Crippen molar-refractivity contribution in [1.82, 2.24) is 15.6 Å². The molecule has 0 radical (unpaired) electrons. The second-order valence-corrected chi connectivity index (χ2v) is 6.58. The molecule has 1 aromatic heterocycles. The SMILES string of the molecule is O=C(CNC(=O)Cc1cccc(F)c1)NCc1ccnc(N2CCCC2)c1. The van der Waals surface area contributed by atoms with Crippen molar-refractivity contribution in [3.8, 4) is 0 Å². The molecule has 6 nitrogen and oxygen atoms in total. The Hall–Kier alpha value is -2.96. The van der Waals surface area contributed by atoms with Crippen molar-refractivity contribution < 1.29 is 14.0 Å². The van der Waals surface area contributed by atoms with Gasteiger partial charge < -0.3 is 15.5 Å². The van der Waals surface area contributed by atoms with Gasteiger partial charge in [0.15, 0.2) is 0 Å². The molecule has 0 atom stereocenters. The molecular weight excluding hydrogens is 347 g/mol. The average Bonchev–Trinajstić information content (AvgIpc) is 3.20. The lowest BCUT2D eigenvalue weighted by Gasteiger charge is -2.17. The quantitative estimate of drug-likeness (QED) is 0.779. The summed E-state index contributed by atoms with van der Waals surface area (Å²) in [5.41, 5.74) is 1.53. The number of carbonyl (C=O) groups excluding carboxylic acids is 2. The highest BCUT2D eigenvalue weighted by Crippen LogP contribution is 2.18. The number of hydrogen-bond donors (Lipinski definition) is 2. The van der Waals surface area contributed by atoms with Crippen LogP contribution in [0, 0.1) is 5.82 Å². The van der Waals surface area contributed by atoms with E-state index in [9.17, 15) is 14.0 Å². The molecule has 0 saturated carbocycles. The fourth-order valence-electron chi connectivity index (χ4n) is 3.03. The van der Waals surface area contributed by atoms with Gasteiger partial charge in [-0.15, -0.1) is 0 Å². The molecule has 3 rings (SSSR count). The highest BCUT2D eigenvalue weighted by atomic mass is 19.1. The zero-order chi connectivity index (χ0) is 19.1. The third-order valence-electron chi connectivity index (χ3n) is 4.43. The van der Waals surface area contributed by atoms with Crippen molar-refractivity contribution in [2.24, 2.45) is 0 Å². The molecule has 27 heavy (non-hydrogen) atoms. The van der Waals surface area contributed by atoms with Gasteiger partial charge >= 0.3 is 0 Å². The lowest BCUT2D eigenvalue weighted by Crippen LogP contribution is -2.37. The summed E-state index contributed by atoms with van der Waals surface area (Å²) in [7, 11) is 0. The molecule has 2 N–H and O–H groups in total. The van der Waals surface area contributed by atoms with E-state index in [-0.39, 0.29) is 30.6 Å².